The fourth-order valence-electron chi connectivity index (χ4n) is 4.73. The van der Waals surface area contributed by atoms with Gasteiger partial charge in [0.25, 0.3) is 0 Å². The summed E-state index contributed by atoms with van der Waals surface area (Å²) in [5, 5.41) is 1.02. The van der Waals surface area contributed by atoms with E-state index in [4.69, 9.17) is 0 Å². The minimum Gasteiger partial charge on any atom is -0.329 e. The predicted octanol–water partition coefficient (Wildman–Crippen LogP) is 3.08. The van der Waals surface area contributed by atoms with E-state index in [0.717, 1.165) is 16.0 Å². The molecule has 2 atom stereocenters. The van der Waals surface area contributed by atoms with Crippen molar-refractivity contribution in [2.45, 2.75) is 64.9 Å². The van der Waals surface area contributed by atoms with Gasteiger partial charge in [-0.15, -0.1) is 0 Å². The van der Waals surface area contributed by atoms with Gasteiger partial charge in [0, 0.05) is 25.5 Å². The number of benzene rings is 1. The van der Waals surface area contributed by atoms with Gasteiger partial charge >= 0.3 is 0 Å². The quantitative estimate of drug-likeness (QED) is 0.507. The fraction of sp³-hybridized carbons (Fsp3) is 0.600. The second-order valence-corrected chi connectivity index (χ2v) is 15.2. The first-order chi connectivity index (χ1) is 15.8. The van der Waals surface area contributed by atoms with Crippen molar-refractivity contribution in [3.63, 3.8) is 0 Å². The van der Waals surface area contributed by atoms with Crippen LogP contribution in [0.1, 0.15) is 59.1 Å². The summed E-state index contributed by atoms with van der Waals surface area (Å²) in [6.45, 7) is 12.0. The highest BCUT2D eigenvalue weighted by Crippen LogP contribution is 2.47. The molecule has 194 valence electrons. The Bertz CT molecular complexity index is 1310. The van der Waals surface area contributed by atoms with E-state index in [1.165, 1.54) is 7.05 Å². The minimum atomic E-state index is -3.98. The lowest BCUT2D eigenvalue weighted by molar-refractivity contribution is -0.134. The van der Waals surface area contributed by atoms with Gasteiger partial charge in [0.05, 0.1) is 11.2 Å². The number of carbonyl (C=O) groups excluding carboxylic acids is 2. The number of hydrogen-bond acceptors (Lipinski definition) is 6. The zero-order chi connectivity index (χ0) is 26.7. The smallest absolute Gasteiger partial charge is 0.238 e. The second kappa shape index (κ2) is 8.81. The van der Waals surface area contributed by atoms with E-state index in [-0.39, 0.29) is 40.0 Å². The molecule has 2 aliphatic heterocycles. The van der Waals surface area contributed by atoms with Crippen LogP contribution in [0.5, 0.6) is 0 Å². The molecule has 1 aromatic carbocycles. The van der Waals surface area contributed by atoms with Crippen molar-refractivity contribution in [1.29, 1.82) is 0 Å². The van der Waals surface area contributed by atoms with E-state index in [0.29, 0.717) is 24.1 Å². The summed E-state index contributed by atoms with van der Waals surface area (Å²) in [6, 6.07) is 4.77. The van der Waals surface area contributed by atoms with Crippen LogP contribution in [0.25, 0.3) is 5.57 Å². The van der Waals surface area contributed by atoms with Crippen molar-refractivity contribution in [3.05, 3.63) is 34.7 Å². The molecule has 10 heteroatoms. The van der Waals surface area contributed by atoms with Crippen molar-refractivity contribution in [2.75, 3.05) is 19.8 Å². The molecule has 0 N–H and O–H groups in total. The zero-order valence-corrected chi connectivity index (χ0v) is 23.4. The van der Waals surface area contributed by atoms with Crippen LogP contribution in [0.3, 0.4) is 0 Å². The Morgan fingerprint density at radius 3 is 2.29 bits per heavy atom. The lowest BCUT2D eigenvalue weighted by Crippen LogP contribution is -2.52. The molecular weight excluding hydrogens is 488 g/mol. The van der Waals surface area contributed by atoms with Crippen LogP contribution in [0.2, 0.25) is 0 Å². The molecule has 0 bridgehead atoms. The lowest BCUT2D eigenvalue weighted by Gasteiger charge is -2.38. The van der Waals surface area contributed by atoms with Gasteiger partial charge in [0.1, 0.15) is 11.5 Å². The third kappa shape index (κ3) is 4.84. The Hall–Kier alpha value is -2.04. The number of Topliss-reactive ketones (excluding diaryl/α,β-unsaturated/α-hetero) is 1. The molecule has 1 amide bonds. The second-order valence-electron chi connectivity index (χ2n) is 11.3. The van der Waals surface area contributed by atoms with Crippen LogP contribution < -0.4 is 0 Å². The summed E-state index contributed by atoms with van der Waals surface area (Å²) in [6.07, 6.45) is 1.74. The van der Waals surface area contributed by atoms with Crippen LogP contribution in [0.4, 0.5) is 0 Å². The van der Waals surface area contributed by atoms with Crippen molar-refractivity contribution in [1.82, 2.24) is 9.21 Å². The maximum Gasteiger partial charge on any atom is 0.238 e. The number of ketones is 1. The lowest BCUT2D eigenvalue weighted by atomic mass is 9.79. The van der Waals surface area contributed by atoms with Gasteiger partial charge in [-0.05, 0) is 41.4 Å². The third-order valence-corrected chi connectivity index (χ3v) is 10.2. The van der Waals surface area contributed by atoms with Gasteiger partial charge in [-0.1, -0.05) is 52.8 Å². The van der Waals surface area contributed by atoms with E-state index in [9.17, 15) is 26.4 Å². The Morgan fingerprint density at radius 2 is 1.77 bits per heavy atom. The Kier molecular flexibility index (Phi) is 6.94. The largest absolute Gasteiger partial charge is 0.329 e. The first-order valence-corrected chi connectivity index (χ1v) is 15.1. The maximum absolute atomic E-state index is 13.8. The number of sulfonamides is 1. The van der Waals surface area contributed by atoms with Crippen LogP contribution in [0, 0.1) is 17.3 Å². The molecule has 2 heterocycles. The van der Waals surface area contributed by atoms with E-state index in [1.54, 1.807) is 30.0 Å². The molecular formula is C25H36N2O6S2. The molecule has 0 spiro atoms. The van der Waals surface area contributed by atoms with E-state index >= 15 is 0 Å². The summed E-state index contributed by atoms with van der Waals surface area (Å²) in [7, 11) is -6.15. The topological polar surface area (TPSA) is 109 Å². The maximum atomic E-state index is 13.8. The number of likely N-dealkylation sites (tertiary alicyclic amines) is 1. The molecule has 2 aliphatic rings. The van der Waals surface area contributed by atoms with Gasteiger partial charge < -0.3 is 4.90 Å². The first-order valence-electron chi connectivity index (χ1n) is 11.7. The number of nitrogens with zero attached hydrogens (tertiary/aromatic N) is 2. The SMILES string of the molecule is CC(C)[C@@]1(C)C(=O)C(C2=CS(=O)(=O)c3c(CN(C)S(C)(=O)=O)cccc32)C(=O)N1CCC(C)(C)C. The summed E-state index contributed by atoms with van der Waals surface area (Å²) < 4.78 is 51.4. The van der Waals surface area contributed by atoms with Crippen LogP contribution in [-0.2, 0) is 36.0 Å². The van der Waals surface area contributed by atoms with E-state index in [2.05, 4.69) is 20.8 Å². The normalized spacial score (nSPS) is 24.5. The number of carbonyl (C=O) groups is 2. The molecule has 0 aliphatic carbocycles. The molecule has 8 nitrogen and oxygen atoms in total. The molecule has 0 saturated carbocycles. The average molecular weight is 525 g/mol. The molecule has 0 radical (unpaired) electrons. The number of fused-ring (bicyclic) bond motifs is 1. The zero-order valence-electron chi connectivity index (χ0n) is 21.7. The summed E-state index contributed by atoms with van der Waals surface area (Å²) in [5.74, 6) is -2.08. The number of rotatable bonds is 7. The third-order valence-electron chi connectivity index (χ3n) is 7.29. The fourth-order valence-corrected chi connectivity index (χ4v) is 6.80. The number of sulfone groups is 1. The molecule has 1 fully saturated rings. The highest BCUT2D eigenvalue weighted by molar-refractivity contribution is 7.95. The van der Waals surface area contributed by atoms with Crippen LogP contribution in [-0.4, -0.2) is 63.1 Å². The number of hydrogen-bond donors (Lipinski definition) is 0. The van der Waals surface area contributed by atoms with Gasteiger partial charge in [-0.25, -0.2) is 21.1 Å². The highest BCUT2D eigenvalue weighted by atomic mass is 32.2. The van der Waals surface area contributed by atoms with Crippen molar-refractivity contribution in [2.24, 2.45) is 17.3 Å². The van der Waals surface area contributed by atoms with Crippen LogP contribution >= 0.6 is 0 Å². The molecule has 1 aromatic rings. The summed E-state index contributed by atoms with van der Waals surface area (Å²) in [4.78, 5) is 29.2. The monoisotopic (exact) mass is 524 g/mol. The number of amides is 1. The summed E-state index contributed by atoms with van der Waals surface area (Å²) >= 11 is 0. The molecule has 35 heavy (non-hydrogen) atoms. The van der Waals surface area contributed by atoms with Gasteiger partial charge in [-0.2, -0.15) is 0 Å². The Morgan fingerprint density at radius 1 is 1.17 bits per heavy atom. The highest BCUT2D eigenvalue weighted by Gasteiger charge is 2.59. The molecule has 0 aromatic heterocycles. The van der Waals surface area contributed by atoms with Crippen LogP contribution in [0.15, 0.2) is 28.5 Å². The van der Waals surface area contributed by atoms with Crippen molar-refractivity contribution < 1.29 is 26.4 Å². The molecule has 1 saturated heterocycles. The summed E-state index contributed by atoms with van der Waals surface area (Å²) in [5.41, 5.74) is -0.351. The molecule has 3 rings (SSSR count). The predicted molar refractivity (Wildman–Crippen MR) is 135 cm³/mol. The van der Waals surface area contributed by atoms with Gasteiger partial charge in [0.15, 0.2) is 5.78 Å². The van der Waals surface area contributed by atoms with Crippen molar-refractivity contribution >= 4 is 37.1 Å². The molecule has 1 unspecified atom stereocenters. The first kappa shape index (κ1) is 27.5. The van der Waals surface area contributed by atoms with Gasteiger partial charge in [0.2, 0.25) is 25.8 Å². The van der Waals surface area contributed by atoms with Crippen molar-refractivity contribution in [3.8, 4) is 0 Å². The minimum absolute atomic E-state index is 0.0366. The van der Waals surface area contributed by atoms with E-state index in [1.807, 2.05) is 13.8 Å². The standard InChI is InChI=1S/C25H36N2O6S2/c1-16(2)25(6)22(28)20(23(29)27(25)13-12-24(3,4)5)19-15-35(32,33)21-17(10-9-11-18(19)21)14-26(7)34(8,30)31/h9-11,15-16,20H,12-14H2,1-8H3/t20?,25-/m0/s1. The Balaban J connectivity index is 2.11. The van der Waals surface area contributed by atoms with E-state index < -0.39 is 31.3 Å². The Labute approximate surface area is 209 Å². The average Bonchev–Trinajstić information content (AvgIpc) is 3.07. The van der Waals surface area contributed by atoms with Gasteiger partial charge in [-0.3, -0.25) is 9.59 Å².